The SMILES string of the molecule is CCOC(=O)C1(CCOC)CNC(=O)CCCN(C(=O)c2cccnc2)CCCNC(=O)COc2ccc(cc2)C1. The number of ether oxygens (including phenoxy) is 3. The molecule has 1 unspecified atom stereocenters. The number of esters is 1. The fourth-order valence-corrected chi connectivity index (χ4v) is 4.63. The van der Waals surface area contributed by atoms with Crippen molar-refractivity contribution in [2.45, 2.75) is 39.0 Å². The lowest BCUT2D eigenvalue weighted by molar-refractivity contribution is -0.156. The minimum atomic E-state index is -1.05. The van der Waals surface area contributed by atoms with E-state index in [4.69, 9.17) is 14.2 Å². The first kappa shape index (κ1) is 31.5. The van der Waals surface area contributed by atoms with Gasteiger partial charge in [0.15, 0.2) is 6.61 Å². The molecule has 41 heavy (non-hydrogen) atoms. The maximum atomic E-state index is 13.3. The molecule has 2 aliphatic rings. The molecule has 2 aliphatic heterocycles. The molecule has 0 saturated carbocycles. The first-order valence-corrected chi connectivity index (χ1v) is 14.0. The summed E-state index contributed by atoms with van der Waals surface area (Å²) in [7, 11) is 1.56. The van der Waals surface area contributed by atoms with E-state index in [0.29, 0.717) is 63.2 Å². The summed E-state index contributed by atoms with van der Waals surface area (Å²) in [6, 6.07) is 10.5. The van der Waals surface area contributed by atoms with Gasteiger partial charge >= 0.3 is 5.97 Å². The van der Waals surface area contributed by atoms with Crippen molar-refractivity contribution in [3.05, 3.63) is 59.9 Å². The largest absolute Gasteiger partial charge is 0.484 e. The molecule has 4 rings (SSSR count). The molecule has 0 radical (unpaired) electrons. The molecule has 11 nitrogen and oxygen atoms in total. The van der Waals surface area contributed by atoms with Crippen molar-refractivity contribution in [3.63, 3.8) is 0 Å². The van der Waals surface area contributed by atoms with Gasteiger partial charge in [-0.15, -0.1) is 0 Å². The van der Waals surface area contributed by atoms with Crippen molar-refractivity contribution in [3.8, 4) is 5.75 Å². The average molecular weight is 569 g/mol. The second kappa shape index (κ2) is 16.3. The lowest BCUT2D eigenvalue weighted by Gasteiger charge is -2.32. The summed E-state index contributed by atoms with van der Waals surface area (Å²) in [5.41, 5.74) is 0.249. The monoisotopic (exact) mass is 568 g/mol. The van der Waals surface area contributed by atoms with Crippen LogP contribution in [0.15, 0.2) is 48.8 Å². The van der Waals surface area contributed by atoms with Crippen molar-refractivity contribution in [2.24, 2.45) is 5.41 Å². The number of carbonyl (C=O) groups is 4. The molecule has 0 fully saturated rings. The molecule has 2 aromatic rings. The third kappa shape index (κ3) is 9.86. The molecule has 222 valence electrons. The quantitative estimate of drug-likeness (QED) is 0.506. The molecule has 2 N–H and O–H groups in total. The van der Waals surface area contributed by atoms with Crippen LogP contribution in [0.1, 0.15) is 48.5 Å². The van der Waals surface area contributed by atoms with Crippen LogP contribution >= 0.6 is 0 Å². The third-order valence-corrected chi connectivity index (χ3v) is 6.91. The van der Waals surface area contributed by atoms with Crippen molar-refractivity contribution in [2.75, 3.05) is 53.1 Å². The molecule has 11 heteroatoms. The highest BCUT2D eigenvalue weighted by molar-refractivity contribution is 5.93. The van der Waals surface area contributed by atoms with E-state index in [1.807, 2.05) is 12.1 Å². The van der Waals surface area contributed by atoms with Gasteiger partial charge in [-0.2, -0.15) is 0 Å². The predicted octanol–water partition coefficient (Wildman–Crippen LogP) is 2.15. The average Bonchev–Trinajstić information content (AvgIpc) is 2.99. The molecular formula is C30H40N4O7. The highest BCUT2D eigenvalue weighted by Gasteiger charge is 2.40. The zero-order chi connectivity index (χ0) is 29.5. The summed E-state index contributed by atoms with van der Waals surface area (Å²) >= 11 is 0. The first-order valence-electron chi connectivity index (χ1n) is 14.0. The van der Waals surface area contributed by atoms with Gasteiger partial charge in [-0.25, -0.2) is 0 Å². The van der Waals surface area contributed by atoms with E-state index in [-0.39, 0.29) is 43.9 Å². The molecule has 0 saturated heterocycles. The minimum Gasteiger partial charge on any atom is -0.484 e. The van der Waals surface area contributed by atoms with Crippen LogP contribution in [0.25, 0.3) is 0 Å². The number of fused-ring (bicyclic) bond motifs is 17. The summed E-state index contributed by atoms with van der Waals surface area (Å²) < 4.78 is 16.4. The van der Waals surface area contributed by atoms with Gasteiger partial charge in [0.1, 0.15) is 5.75 Å². The van der Waals surface area contributed by atoms with Gasteiger partial charge in [-0.1, -0.05) is 12.1 Å². The standard InChI is InChI=1S/C30H40N4O7/c1-3-40-29(38)30(13-18-39-2)19-23-9-11-25(12-10-23)41-21-27(36)32-15-6-17-34(16-5-8-26(35)33-22-30)28(37)24-7-4-14-31-20-24/h4,7,9-12,14,20H,3,5-6,8,13,15-19,21-22H2,1-2H3,(H,32,36)(H,33,35). The number of carbonyl (C=O) groups excluding carboxylic acids is 4. The van der Waals surface area contributed by atoms with Crippen LogP contribution in [0.4, 0.5) is 0 Å². The van der Waals surface area contributed by atoms with E-state index in [1.165, 1.54) is 6.20 Å². The Morgan fingerprint density at radius 1 is 1.07 bits per heavy atom. The first-order chi connectivity index (χ1) is 19.9. The van der Waals surface area contributed by atoms with Crippen molar-refractivity contribution in [1.82, 2.24) is 20.5 Å². The van der Waals surface area contributed by atoms with E-state index < -0.39 is 11.4 Å². The maximum Gasteiger partial charge on any atom is 0.314 e. The van der Waals surface area contributed by atoms with E-state index >= 15 is 0 Å². The van der Waals surface area contributed by atoms with Crippen LogP contribution in [0, 0.1) is 5.41 Å². The van der Waals surface area contributed by atoms with Crippen LogP contribution in [0.2, 0.25) is 0 Å². The summed E-state index contributed by atoms with van der Waals surface area (Å²) in [5.74, 6) is -0.594. The molecule has 3 amide bonds. The molecular weight excluding hydrogens is 528 g/mol. The highest BCUT2D eigenvalue weighted by atomic mass is 16.5. The molecule has 1 aromatic carbocycles. The van der Waals surface area contributed by atoms with E-state index in [1.54, 1.807) is 49.4 Å². The Balaban J connectivity index is 1.82. The van der Waals surface area contributed by atoms with Gasteiger partial charge in [0.05, 0.1) is 17.6 Å². The normalized spacial score (nSPS) is 19.4. The summed E-state index contributed by atoms with van der Waals surface area (Å²) in [4.78, 5) is 57.4. The Morgan fingerprint density at radius 3 is 2.56 bits per heavy atom. The van der Waals surface area contributed by atoms with E-state index in [9.17, 15) is 19.2 Å². The number of nitrogens with one attached hydrogen (secondary N) is 2. The number of pyridine rings is 1. The summed E-state index contributed by atoms with van der Waals surface area (Å²) in [6.07, 6.45) is 4.87. The second-order valence-corrected chi connectivity index (χ2v) is 9.97. The third-order valence-electron chi connectivity index (χ3n) is 6.91. The van der Waals surface area contributed by atoms with Crippen LogP contribution < -0.4 is 15.4 Å². The van der Waals surface area contributed by atoms with E-state index in [2.05, 4.69) is 15.6 Å². The molecule has 3 heterocycles. The minimum absolute atomic E-state index is 0.0742. The highest BCUT2D eigenvalue weighted by Crippen LogP contribution is 2.30. The van der Waals surface area contributed by atoms with Crippen molar-refractivity contribution >= 4 is 23.7 Å². The summed E-state index contributed by atoms with van der Waals surface area (Å²) in [5, 5.41) is 5.75. The molecule has 1 atom stereocenters. The smallest absolute Gasteiger partial charge is 0.314 e. The topological polar surface area (TPSA) is 136 Å². The van der Waals surface area contributed by atoms with Gasteiger partial charge in [-0.05, 0) is 62.4 Å². The van der Waals surface area contributed by atoms with Gasteiger partial charge in [0.2, 0.25) is 5.91 Å². The number of amides is 3. The number of hydrogen-bond donors (Lipinski definition) is 2. The zero-order valence-electron chi connectivity index (χ0n) is 23.9. The van der Waals surface area contributed by atoms with Crippen molar-refractivity contribution < 1.29 is 33.4 Å². The lowest BCUT2D eigenvalue weighted by Crippen LogP contribution is -2.46. The van der Waals surface area contributed by atoms with Gasteiger partial charge in [0, 0.05) is 58.7 Å². The molecule has 1 aromatic heterocycles. The van der Waals surface area contributed by atoms with E-state index in [0.717, 1.165) is 5.56 Å². The molecule has 0 aliphatic carbocycles. The van der Waals surface area contributed by atoms with Crippen LogP contribution in [0.5, 0.6) is 5.75 Å². The fraction of sp³-hybridized carbons (Fsp3) is 0.500. The van der Waals surface area contributed by atoms with Crippen molar-refractivity contribution in [1.29, 1.82) is 0 Å². The van der Waals surface area contributed by atoms with Gasteiger partial charge in [-0.3, -0.25) is 24.2 Å². The van der Waals surface area contributed by atoms with Crippen LogP contribution in [-0.4, -0.2) is 86.7 Å². The number of hydrogen-bond acceptors (Lipinski definition) is 8. The number of nitrogens with zero attached hydrogens (tertiary/aromatic N) is 2. The zero-order valence-corrected chi connectivity index (χ0v) is 23.9. The second-order valence-electron chi connectivity index (χ2n) is 9.97. The Morgan fingerprint density at radius 2 is 1.85 bits per heavy atom. The number of aromatic nitrogens is 1. The number of methoxy groups -OCH3 is 1. The Bertz CT molecular complexity index is 1140. The molecule has 0 spiro atoms. The number of benzene rings is 1. The van der Waals surface area contributed by atoms with Crippen LogP contribution in [-0.2, 0) is 30.3 Å². The molecule has 2 bridgehead atoms. The summed E-state index contributed by atoms with van der Waals surface area (Å²) in [6.45, 7) is 3.28. The fourth-order valence-electron chi connectivity index (χ4n) is 4.63. The maximum absolute atomic E-state index is 13.3. The Hall–Kier alpha value is -3.99. The number of rotatable bonds is 6. The Kier molecular flexibility index (Phi) is 12.6. The van der Waals surface area contributed by atoms with Gasteiger partial charge < -0.3 is 29.7 Å². The predicted molar refractivity (Wildman–Crippen MR) is 151 cm³/mol. The van der Waals surface area contributed by atoms with Gasteiger partial charge in [0.25, 0.3) is 11.8 Å². The Labute approximate surface area is 240 Å². The lowest BCUT2D eigenvalue weighted by atomic mass is 9.78. The van der Waals surface area contributed by atoms with Crippen LogP contribution in [0.3, 0.4) is 0 Å².